The number of nitrogens with zero attached hydrogens (tertiary/aromatic N) is 5. The molecule has 0 spiro atoms. The molecule has 180 valence electrons. The molecule has 0 bridgehead atoms. The van der Waals surface area contributed by atoms with Crippen molar-refractivity contribution < 1.29 is 22.4 Å². The van der Waals surface area contributed by atoms with Crippen molar-refractivity contribution in [1.29, 1.82) is 10.8 Å². The lowest BCUT2D eigenvalue weighted by Gasteiger charge is -2.20. The second kappa shape index (κ2) is 8.46. The van der Waals surface area contributed by atoms with Crippen LogP contribution in [-0.2, 0) is 13.0 Å². The van der Waals surface area contributed by atoms with Gasteiger partial charge in [0.1, 0.15) is 17.1 Å². The van der Waals surface area contributed by atoms with Crippen LogP contribution < -0.4 is 5.49 Å². The first-order chi connectivity index (χ1) is 16.4. The van der Waals surface area contributed by atoms with Crippen LogP contribution in [0.1, 0.15) is 15.9 Å². The third-order valence-corrected chi connectivity index (χ3v) is 5.29. The van der Waals surface area contributed by atoms with E-state index in [9.17, 15) is 13.6 Å². The van der Waals surface area contributed by atoms with E-state index in [0.29, 0.717) is 4.68 Å². The Bertz CT molecular complexity index is 1560. The number of carbonyl (C=O) groups excluding carboxylic acids is 1. The second-order valence-corrected chi connectivity index (χ2v) is 8.03. The fourth-order valence-corrected chi connectivity index (χ4v) is 3.51. The van der Waals surface area contributed by atoms with Crippen LogP contribution in [0.15, 0.2) is 48.7 Å². The summed E-state index contributed by atoms with van der Waals surface area (Å²) in [6.45, 7) is 0. The predicted molar refractivity (Wildman–Crippen MR) is 119 cm³/mol. The number of nitrogens with one attached hydrogen (secondary N) is 2. The normalized spacial score (nSPS) is 11.6. The van der Waals surface area contributed by atoms with Crippen molar-refractivity contribution in [2.75, 3.05) is 14.1 Å². The molecule has 0 unspecified atom stereocenters. The number of fused-ring (bicyclic) bond motifs is 1. The third-order valence-electron chi connectivity index (χ3n) is 5.29. The number of halogens is 4. The van der Waals surface area contributed by atoms with E-state index in [1.165, 1.54) is 48.1 Å². The van der Waals surface area contributed by atoms with Crippen molar-refractivity contribution in [3.05, 3.63) is 76.9 Å². The van der Waals surface area contributed by atoms with Crippen LogP contribution in [0.2, 0.25) is 0 Å². The highest BCUT2D eigenvalue weighted by Gasteiger charge is 2.42. The lowest BCUT2D eigenvalue weighted by Crippen LogP contribution is -2.40. The molecule has 2 aromatic carbocycles. The number of aromatic nitrogens is 4. The topological polar surface area (TPSA) is 104 Å². The van der Waals surface area contributed by atoms with Gasteiger partial charge in [-0.1, -0.05) is 6.07 Å². The summed E-state index contributed by atoms with van der Waals surface area (Å²) in [5.41, 5.74) is -1.56. The number of carbonyl (C=O) groups is 1. The zero-order valence-electron chi connectivity index (χ0n) is 18.8. The van der Waals surface area contributed by atoms with E-state index in [1.54, 1.807) is 7.05 Å². The molecule has 0 fully saturated rings. The van der Waals surface area contributed by atoms with Gasteiger partial charge in [0, 0.05) is 44.4 Å². The van der Waals surface area contributed by atoms with E-state index < -0.39 is 40.4 Å². The molecule has 2 aromatic heterocycles. The van der Waals surface area contributed by atoms with Gasteiger partial charge < -0.3 is 4.90 Å². The molecule has 2 heterocycles. The summed E-state index contributed by atoms with van der Waals surface area (Å²) < 4.78 is 61.4. The van der Waals surface area contributed by atoms with Gasteiger partial charge in [-0.15, -0.1) is 0 Å². The number of amides is 1. The van der Waals surface area contributed by atoms with Gasteiger partial charge in [0.25, 0.3) is 5.91 Å². The van der Waals surface area contributed by atoms with Gasteiger partial charge in [0.15, 0.2) is 5.84 Å². The van der Waals surface area contributed by atoms with Gasteiger partial charge in [-0.2, -0.15) is 23.7 Å². The van der Waals surface area contributed by atoms with Crippen molar-refractivity contribution in [1.82, 2.24) is 24.5 Å². The van der Waals surface area contributed by atoms with Crippen molar-refractivity contribution in [3.63, 3.8) is 0 Å². The summed E-state index contributed by atoms with van der Waals surface area (Å²) in [5, 5.41) is 24.2. The molecule has 1 amide bonds. The molecule has 2 N–H and O–H groups in total. The summed E-state index contributed by atoms with van der Waals surface area (Å²) in [6, 6.07) is 7.74. The molecule has 0 saturated heterocycles. The van der Waals surface area contributed by atoms with E-state index in [1.807, 2.05) is 0 Å². The van der Waals surface area contributed by atoms with Crippen LogP contribution in [0, 0.1) is 22.5 Å². The minimum absolute atomic E-state index is 0.0347. The molecule has 0 aliphatic heterocycles. The van der Waals surface area contributed by atoms with Crippen LogP contribution >= 0.6 is 0 Å². The number of aryl methyl sites for hydroxylation is 1. The highest BCUT2D eigenvalue weighted by Crippen LogP contribution is 2.34. The molecule has 12 heteroatoms. The van der Waals surface area contributed by atoms with Gasteiger partial charge in [0.2, 0.25) is 0 Å². The molecule has 0 aliphatic carbocycles. The zero-order valence-corrected chi connectivity index (χ0v) is 18.8. The van der Waals surface area contributed by atoms with E-state index in [2.05, 4.69) is 10.2 Å². The Labute approximate surface area is 196 Å². The van der Waals surface area contributed by atoms with Crippen molar-refractivity contribution >= 4 is 22.6 Å². The molecule has 4 aromatic rings. The van der Waals surface area contributed by atoms with Gasteiger partial charge in [-0.25, -0.2) is 8.78 Å². The van der Waals surface area contributed by atoms with Crippen molar-refractivity contribution in [3.8, 4) is 11.3 Å². The van der Waals surface area contributed by atoms with E-state index in [0.717, 1.165) is 24.3 Å². The lowest BCUT2D eigenvalue weighted by molar-refractivity contribution is 0.0655. The summed E-state index contributed by atoms with van der Waals surface area (Å²) in [5.74, 6) is -8.30. The maximum absolute atomic E-state index is 15.3. The quantitative estimate of drug-likeness (QED) is 0.263. The van der Waals surface area contributed by atoms with Gasteiger partial charge in [-0.05, 0) is 30.3 Å². The average Bonchev–Trinajstić information content (AvgIpc) is 3.16. The molecule has 0 saturated carbocycles. The molecular weight excluding hydrogens is 466 g/mol. The first kappa shape index (κ1) is 23.8. The summed E-state index contributed by atoms with van der Waals surface area (Å²) >= 11 is 0. The number of hydrogen-bond acceptors (Lipinski definition) is 5. The first-order valence-electron chi connectivity index (χ1n) is 10.2. The standard InChI is InChI=1S/C23H19F4N7O/c1-32(2)21(35)14-5-4-12(9-16(14)24)18-6-7-20(28)34(31-18)22(29)23(26,27)15-8-13-11-33(3)30-19(13)10-17(15)25/h4-11,28-29H,1-3H3. The SMILES string of the molecule is CN(C)C(=O)c1ccc(-c2ccc(=N)n(C(=N)C(F)(F)c3cc4cn(C)nc4cc3F)n2)cc1F. The lowest BCUT2D eigenvalue weighted by atomic mass is 10.0. The summed E-state index contributed by atoms with van der Waals surface area (Å²) in [7, 11) is 4.49. The summed E-state index contributed by atoms with van der Waals surface area (Å²) in [4.78, 5) is 13.2. The van der Waals surface area contributed by atoms with Gasteiger partial charge in [-0.3, -0.25) is 20.3 Å². The fraction of sp³-hybridized carbons (Fsp3) is 0.174. The fourth-order valence-electron chi connectivity index (χ4n) is 3.51. The van der Waals surface area contributed by atoms with Gasteiger partial charge >= 0.3 is 5.92 Å². The van der Waals surface area contributed by atoms with Gasteiger partial charge in [0.05, 0.1) is 22.3 Å². The first-order valence-corrected chi connectivity index (χ1v) is 10.2. The van der Waals surface area contributed by atoms with Crippen LogP contribution in [0.3, 0.4) is 0 Å². The zero-order chi connectivity index (χ0) is 25.7. The minimum atomic E-state index is -4.16. The Kier molecular flexibility index (Phi) is 5.75. The van der Waals surface area contributed by atoms with Crippen LogP contribution in [0.5, 0.6) is 0 Å². The van der Waals surface area contributed by atoms with E-state index in [-0.39, 0.29) is 27.7 Å². The van der Waals surface area contributed by atoms with Crippen LogP contribution in [0.25, 0.3) is 22.2 Å². The molecule has 0 aliphatic rings. The average molecular weight is 485 g/mol. The maximum atomic E-state index is 15.3. The Morgan fingerprint density at radius 3 is 2.40 bits per heavy atom. The molecule has 4 rings (SSSR count). The molecule has 0 atom stereocenters. The smallest absolute Gasteiger partial charge is 0.334 e. The summed E-state index contributed by atoms with van der Waals surface area (Å²) in [6.07, 6.45) is 1.43. The van der Waals surface area contributed by atoms with Crippen LogP contribution in [-0.4, -0.2) is 50.3 Å². The Morgan fingerprint density at radius 2 is 1.74 bits per heavy atom. The molecule has 35 heavy (non-hydrogen) atoms. The van der Waals surface area contributed by atoms with E-state index >= 15 is 8.78 Å². The second-order valence-electron chi connectivity index (χ2n) is 8.03. The Balaban J connectivity index is 1.75. The monoisotopic (exact) mass is 485 g/mol. The Hall–Kier alpha value is -4.35. The van der Waals surface area contributed by atoms with E-state index in [4.69, 9.17) is 10.8 Å². The predicted octanol–water partition coefficient (Wildman–Crippen LogP) is 3.51. The number of alkyl halides is 2. The molecular formula is C23H19F4N7O. The third kappa shape index (κ3) is 4.18. The van der Waals surface area contributed by atoms with Crippen molar-refractivity contribution in [2.24, 2.45) is 7.05 Å². The Morgan fingerprint density at radius 1 is 1.03 bits per heavy atom. The number of benzene rings is 2. The molecule has 0 radical (unpaired) electrons. The van der Waals surface area contributed by atoms with Crippen molar-refractivity contribution in [2.45, 2.75) is 5.92 Å². The minimum Gasteiger partial charge on any atom is -0.345 e. The highest BCUT2D eigenvalue weighted by atomic mass is 19.3. The highest BCUT2D eigenvalue weighted by molar-refractivity contribution is 5.94. The molecule has 8 nitrogen and oxygen atoms in total. The van der Waals surface area contributed by atoms with Crippen LogP contribution in [0.4, 0.5) is 17.6 Å². The number of rotatable bonds is 4. The number of hydrogen-bond donors (Lipinski definition) is 2. The maximum Gasteiger partial charge on any atom is 0.334 e. The largest absolute Gasteiger partial charge is 0.345 e.